The number of hydrogen-bond donors (Lipinski definition) is 1. The van der Waals surface area contributed by atoms with E-state index in [9.17, 15) is 23.1 Å². The minimum atomic E-state index is -3.31. The number of sulfone groups is 1. The molecule has 0 aliphatic carbocycles. The Bertz CT molecular complexity index is 925. The fourth-order valence-corrected chi connectivity index (χ4v) is 4.10. The smallest absolute Gasteiger partial charge is 0.312 e. The Morgan fingerprint density at radius 2 is 1.84 bits per heavy atom. The lowest BCUT2D eigenvalue weighted by Crippen LogP contribution is -2.23. The number of rotatable bonds is 5. The number of hydrogen-bond acceptors (Lipinski definition) is 4. The fraction of sp³-hybridized carbons (Fsp3) is 0.333. The quantitative estimate of drug-likeness (QED) is 0.826. The van der Waals surface area contributed by atoms with Crippen LogP contribution in [0.25, 0.3) is 0 Å². The van der Waals surface area contributed by atoms with Crippen molar-refractivity contribution in [3.8, 4) is 0 Å². The summed E-state index contributed by atoms with van der Waals surface area (Å²) in [6.07, 6.45) is 1.27. The van der Waals surface area contributed by atoms with Gasteiger partial charge in [0.2, 0.25) is 5.78 Å². The van der Waals surface area contributed by atoms with Crippen LogP contribution in [0.4, 0.5) is 0 Å². The highest BCUT2D eigenvalue weighted by Gasteiger charge is 2.29. The Morgan fingerprint density at radius 1 is 1.16 bits per heavy atom. The molecule has 1 aromatic heterocycles. The molecule has 1 atom stereocenters. The SMILES string of the molecule is CCS(=O)(=O)c1ccc(C(=O)c2ccc3n2CCCC3C(=O)O)cc1. The van der Waals surface area contributed by atoms with Crippen molar-refractivity contribution in [1.82, 2.24) is 4.57 Å². The molecule has 0 radical (unpaired) electrons. The van der Waals surface area contributed by atoms with Crippen molar-refractivity contribution < 1.29 is 23.1 Å². The average Bonchev–Trinajstić information content (AvgIpc) is 3.05. The molecule has 0 fully saturated rings. The Morgan fingerprint density at radius 3 is 2.44 bits per heavy atom. The number of aliphatic carboxylic acids is 1. The van der Waals surface area contributed by atoms with Gasteiger partial charge >= 0.3 is 5.97 Å². The summed E-state index contributed by atoms with van der Waals surface area (Å²) in [6.45, 7) is 2.18. The van der Waals surface area contributed by atoms with Gasteiger partial charge in [0.25, 0.3) is 0 Å². The minimum absolute atomic E-state index is 0.00306. The van der Waals surface area contributed by atoms with E-state index < -0.39 is 21.7 Å². The zero-order valence-corrected chi connectivity index (χ0v) is 14.6. The van der Waals surface area contributed by atoms with Crippen molar-refractivity contribution in [2.45, 2.75) is 37.1 Å². The Kier molecular flexibility index (Phi) is 4.51. The van der Waals surface area contributed by atoms with Crippen molar-refractivity contribution in [2.75, 3.05) is 5.75 Å². The van der Waals surface area contributed by atoms with Crippen LogP contribution >= 0.6 is 0 Å². The maximum atomic E-state index is 12.8. The number of carbonyl (C=O) groups excluding carboxylic acids is 1. The standard InChI is InChI=1S/C18H19NO5S/c1-2-25(23,24)13-7-5-12(6-8-13)17(20)16-10-9-15-14(18(21)22)4-3-11-19(15)16/h5-10,14H,2-4,11H2,1H3,(H,21,22). The third-order valence-corrected chi connectivity index (χ3v) is 6.38. The zero-order chi connectivity index (χ0) is 18.2. The molecule has 6 nitrogen and oxygen atoms in total. The number of carboxylic acids is 1. The van der Waals surface area contributed by atoms with Crippen LogP contribution in [-0.4, -0.2) is 35.6 Å². The van der Waals surface area contributed by atoms with Gasteiger partial charge in [-0.05, 0) is 49.2 Å². The van der Waals surface area contributed by atoms with E-state index in [1.54, 1.807) is 23.6 Å². The number of nitrogens with zero attached hydrogens (tertiary/aromatic N) is 1. The van der Waals surface area contributed by atoms with Gasteiger partial charge in [0.15, 0.2) is 9.84 Å². The zero-order valence-electron chi connectivity index (χ0n) is 13.8. The first kappa shape index (κ1) is 17.4. The van der Waals surface area contributed by atoms with Crippen LogP contribution in [0.15, 0.2) is 41.3 Å². The van der Waals surface area contributed by atoms with Crippen LogP contribution in [0.1, 0.15) is 47.4 Å². The lowest BCUT2D eigenvalue weighted by Gasteiger charge is -2.23. The number of benzene rings is 1. The first-order valence-corrected chi connectivity index (χ1v) is 9.80. The molecule has 25 heavy (non-hydrogen) atoms. The second kappa shape index (κ2) is 6.48. The molecule has 0 saturated heterocycles. The summed E-state index contributed by atoms with van der Waals surface area (Å²) in [4.78, 5) is 24.3. The lowest BCUT2D eigenvalue weighted by atomic mass is 9.96. The second-order valence-electron chi connectivity index (χ2n) is 6.09. The molecule has 1 N–H and O–H groups in total. The van der Waals surface area contributed by atoms with E-state index in [2.05, 4.69) is 0 Å². The Balaban J connectivity index is 1.94. The van der Waals surface area contributed by atoms with Gasteiger partial charge in [0.05, 0.1) is 22.3 Å². The predicted octanol–water partition coefficient (Wildman–Crippen LogP) is 2.47. The summed E-state index contributed by atoms with van der Waals surface area (Å²) >= 11 is 0. The number of ketones is 1. The molecule has 1 aliphatic rings. The molecule has 2 heterocycles. The van der Waals surface area contributed by atoms with E-state index in [-0.39, 0.29) is 16.4 Å². The highest BCUT2D eigenvalue weighted by atomic mass is 32.2. The van der Waals surface area contributed by atoms with Crippen molar-refractivity contribution >= 4 is 21.6 Å². The van der Waals surface area contributed by atoms with Gasteiger partial charge in [-0.2, -0.15) is 0 Å². The summed E-state index contributed by atoms with van der Waals surface area (Å²) in [5.41, 5.74) is 1.47. The highest BCUT2D eigenvalue weighted by molar-refractivity contribution is 7.91. The van der Waals surface area contributed by atoms with Crippen molar-refractivity contribution in [3.05, 3.63) is 53.3 Å². The van der Waals surface area contributed by atoms with Gasteiger partial charge in [0.1, 0.15) is 0 Å². The number of fused-ring (bicyclic) bond motifs is 1. The van der Waals surface area contributed by atoms with Crippen LogP contribution in [0.5, 0.6) is 0 Å². The van der Waals surface area contributed by atoms with E-state index >= 15 is 0 Å². The summed E-state index contributed by atoms with van der Waals surface area (Å²) in [7, 11) is -3.31. The molecule has 2 aromatic rings. The molecular formula is C18H19NO5S. The van der Waals surface area contributed by atoms with Crippen LogP contribution in [0, 0.1) is 0 Å². The number of aromatic nitrogens is 1. The summed E-state index contributed by atoms with van der Waals surface area (Å²) in [5.74, 6) is -1.71. The average molecular weight is 361 g/mol. The van der Waals surface area contributed by atoms with Gasteiger partial charge in [-0.15, -0.1) is 0 Å². The van der Waals surface area contributed by atoms with E-state index in [0.29, 0.717) is 36.3 Å². The van der Waals surface area contributed by atoms with E-state index in [0.717, 1.165) is 0 Å². The third-order valence-electron chi connectivity index (χ3n) is 4.63. The molecule has 7 heteroatoms. The lowest BCUT2D eigenvalue weighted by molar-refractivity contribution is -0.139. The van der Waals surface area contributed by atoms with Crippen molar-refractivity contribution in [3.63, 3.8) is 0 Å². The summed E-state index contributed by atoms with van der Waals surface area (Å²) < 4.78 is 25.5. The molecule has 1 aliphatic heterocycles. The molecule has 3 rings (SSSR count). The van der Waals surface area contributed by atoms with Crippen LogP contribution in [0.3, 0.4) is 0 Å². The molecule has 1 unspecified atom stereocenters. The number of carboxylic acid groups (broad SMARTS) is 1. The van der Waals surface area contributed by atoms with Crippen molar-refractivity contribution in [1.29, 1.82) is 0 Å². The first-order chi connectivity index (χ1) is 11.8. The molecule has 0 amide bonds. The van der Waals surface area contributed by atoms with E-state index in [1.807, 2.05) is 0 Å². The predicted molar refractivity (Wildman–Crippen MR) is 91.6 cm³/mol. The van der Waals surface area contributed by atoms with Gasteiger partial charge < -0.3 is 9.67 Å². The molecule has 132 valence electrons. The maximum Gasteiger partial charge on any atom is 0.312 e. The van der Waals surface area contributed by atoms with Gasteiger partial charge in [0, 0.05) is 17.8 Å². The van der Waals surface area contributed by atoms with Crippen molar-refractivity contribution in [2.24, 2.45) is 0 Å². The molecule has 0 bridgehead atoms. The summed E-state index contributed by atoms with van der Waals surface area (Å²) in [6, 6.07) is 9.22. The molecule has 0 saturated carbocycles. The monoisotopic (exact) mass is 361 g/mol. The normalized spacial score (nSPS) is 17.1. The van der Waals surface area contributed by atoms with Crippen LogP contribution in [0.2, 0.25) is 0 Å². The molecule has 0 spiro atoms. The summed E-state index contributed by atoms with van der Waals surface area (Å²) in [5, 5.41) is 9.32. The minimum Gasteiger partial charge on any atom is -0.481 e. The Labute approximate surface area is 146 Å². The Hall–Kier alpha value is -2.41. The van der Waals surface area contributed by atoms with Gasteiger partial charge in [-0.1, -0.05) is 6.92 Å². The molecular weight excluding hydrogens is 342 g/mol. The topological polar surface area (TPSA) is 93.4 Å². The first-order valence-electron chi connectivity index (χ1n) is 8.15. The van der Waals surface area contributed by atoms with Crippen LogP contribution < -0.4 is 0 Å². The largest absolute Gasteiger partial charge is 0.481 e. The highest BCUT2D eigenvalue weighted by Crippen LogP contribution is 2.30. The van der Waals surface area contributed by atoms with Crippen LogP contribution in [-0.2, 0) is 21.2 Å². The maximum absolute atomic E-state index is 12.8. The fourth-order valence-electron chi connectivity index (χ4n) is 3.22. The van der Waals surface area contributed by atoms with Gasteiger partial charge in [-0.25, -0.2) is 8.42 Å². The second-order valence-corrected chi connectivity index (χ2v) is 8.36. The van der Waals surface area contributed by atoms with Gasteiger partial charge in [-0.3, -0.25) is 9.59 Å². The third kappa shape index (κ3) is 3.11. The number of carbonyl (C=O) groups is 2. The van der Waals surface area contributed by atoms with E-state index in [1.165, 1.54) is 24.3 Å². The van der Waals surface area contributed by atoms with E-state index in [4.69, 9.17) is 0 Å². The molecule has 1 aromatic carbocycles.